The molecule has 7 heteroatoms. The average Bonchev–Trinajstić information content (AvgIpc) is 3.32. The lowest BCUT2D eigenvalue weighted by Crippen LogP contribution is -2.29. The van der Waals surface area contributed by atoms with Crippen LogP contribution in [0.25, 0.3) is 10.9 Å². The molecule has 1 aliphatic carbocycles. The number of hydrogen-bond donors (Lipinski definition) is 3. The molecule has 0 radical (unpaired) electrons. The molecule has 2 unspecified atom stereocenters. The van der Waals surface area contributed by atoms with Gasteiger partial charge in [0.25, 0.3) is 0 Å². The molecule has 2 aromatic carbocycles. The molecule has 5 rings (SSSR count). The van der Waals surface area contributed by atoms with Gasteiger partial charge in [-0.2, -0.15) is 0 Å². The first-order valence-electron chi connectivity index (χ1n) is 11.8. The highest BCUT2D eigenvalue weighted by atomic mass is 16.7. The minimum absolute atomic E-state index is 0. The molecular weight excluding hydrogens is 432 g/mol. The maximum absolute atomic E-state index is 13.4. The Labute approximate surface area is 203 Å². The Balaban J connectivity index is 0.00000160. The van der Waals surface area contributed by atoms with E-state index < -0.39 is 11.5 Å². The van der Waals surface area contributed by atoms with Crippen LogP contribution < -0.4 is 14.8 Å². The summed E-state index contributed by atoms with van der Waals surface area (Å²) in [4.78, 5) is 13.4. The highest BCUT2D eigenvalue weighted by Gasteiger charge is 2.51. The molecule has 34 heavy (non-hydrogen) atoms. The number of nitrogens with zero attached hydrogens (tertiary/aromatic N) is 1. The summed E-state index contributed by atoms with van der Waals surface area (Å²) in [6.07, 6.45) is 0.719. The Bertz CT molecular complexity index is 1270. The molecule has 1 aliphatic heterocycles. The fraction of sp³-hybridized carbons (Fsp3) is 0.444. The van der Waals surface area contributed by atoms with Gasteiger partial charge in [-0.05, 0) is 61.7 Å². The Kier molecular flexibility index (Phi) is 5.37. The van der Waals surface area contributed by atoms with Gasteiger partial charge in [0, 0.05) is 32.0 Å². The number of aliphatic hydroxyl groups excluding tert-OH is 2. The predicted molar refractivity (Wildman–Crippen MR) is 137 cm³/mol. The van der Waals surface area contributed by atoms with Crippen LogP contribution in [0.5, 0.6) is 11.5 Å². The van der Waals surface area contributed by atoms with Crippen LogP contribution in [0.15, 0.2) is 42.5 Å². The molecule has 2 aliphatic rings. The molecule has 1 saturated carbocycles. The molecule has 2 atom stereocenters. The number of carbonyl (C=O) groups is 1. The van der Waals surface area contributed by atoms with Gasteiger partial charge >= 0.3 is 0 Å². The number of fused-ring (bicyclic) bond motifs is 2. The Morgan fingerprint density at radius 1 is 1.15 bits per heavy atom. The molecule has 2 heterocycles. The number of carbonyl (C=O) groups excluding carboxylic acids is 1. The normalized spacial score (nSPS) is 18.1. The topological polar surface area (TPSA) is 93.0 Å². The van der Waals surface area contributed by atoms with Crippen LogP contribution in [-0.4, -0.2) is 40.2 Å². The summed E-state index contributed by atoms with van der Waals surface area (Å²) in [5.74, 6) is 1.38. The number of aliphatic hydroxyl groups is 2. The number of rotatable bonds is 6. The number of nitrogens with one attached hydrogen (secondary N) is 1. The van der Waals surface area contributed by atoms with Crippen LogP contribution in [-0.2, 0) is 15.6 Å². The summed E-state index contributed by atoms with van der Waals surface area (Å²) in [7, 11) is 0. The molecule has 1 fully saturated rings. The lowest BCUT2D eigenvalue weighted by atomic mass is 9.91. The third kappa shape index (κ3) is 3.73. The fourth-order valence-corrected chi connectivity index (χ4v) is 4.87. The van der Waals surface area contributed by atoms with Crippen LogP contribution in [0, 0.1) is 0 Å². The van der Waals surface area contributed by atoms with Crippen LogP contribution in [0.2, 0.25) is 0 Å². The van der Waals surface area contributed by atoms with Crippen molar-refractivity contribution in [3.63, 3.8) is 0 Å². The minimum atomic E-state index is -0.868. The van der Waals surface area contributed by atoms with E-state index in [1.165, 1.54) is 0 Å². The second-order valence-corrected chi connectivity index (χ2v) is 10.5. The van der Waals surface area contributed by atoms with Gasteiger partial charge in [-0.3, -0.25) is 4.79 Å². The summed E-state index contributed by atoms with van der Waals surface area (Å²) in [5, 5.41) is 24.0. The maximum atomic E-state index is 13.4. The molecule has 1 amide bonds. The van der Waals surface area contributed by atoms with E-state index >= 15 is 0 Å². The number of benzene rings is 2. The van der Waals surface area contributed by atoms with Gasteiger partial charge in [0.15, 0.2) is 11.5 Å². The summed E-state index contributed by atoms with van der Waals surface area (Å²) in [5.41, 5.74) is 2.99. The number of amides is 1. The van der Waals surface area contributed by atoms with E-state index in [4.69, 9.17) is 9.47 Å². The summed E-state index contributed by atoms with van der Waals surface area (Å²) in [6, 6.07) is 13.4. The Hall–Kier alpha value is -3.03. The van der Waals surface area contributed by atoms with Crippen molar-refractivity contribution in [1.29, 1.82) is 0 Å². The zero-order valence-corrected chi connectivity index (χ0v) is 20.1. The van der Waals surface area contributed by atoms with Crippen molar-refractivity contribution in [3.05, 3.63) is 53.7 Å². The van der Waals surface area contributed by atoms with Crippen molar-refractivity contribution in [2.45, 2.75) is 63.5 Å². The van der Waals surface area contributed by atoms with E-state index in [-0.39, 0.29) is 35.0 Å². The molecule has 3 aromatic rings. The number of aromatic nitrogens is 1. The predicted octanol–water partition coefficient (Wildman–Crippen LogP) is 4.99. The Morgan fingerprint density at radius 3 is 2.56 bits per heavy atom. The van der Waals surface area contributed by atoms with Crippen molar-refractivity contribution < 1.29 is 28.8 Å². The monoisotopic (exact) mass is 470 g/mol. The summed E-state index contributed by atoms with van der Waals surface area (Å²) < 4.78 is 13.0. The van der Waals surface area contributed by atoms with E-state index in [2.05, 4.69) is 36.7 Å². The standard InChI is InChI=1S/C27H32N2O5.3H2/c1-16(21(31)14-30)29-20-7-6-19(11-17(20)12-24(29)26(2,3)4)28-25(32)27(9-10-27)18-5-8-22-23(13-18)34-15-33-22;;;/h5-8,11-13,16,21,30-31H,9-10,14-15H2,1-4H3,(H,28,32);3*1H. The quantitative estimate of drug-likeness (QED) is 0.472. The van der Waals surface area contributed by atoms with Crippen LogP contribution in [0.4, 0.5) is 5.69 Å². The molecule has 0 bridgehead atoms. The van der Waals surface area contributed by atoms with Gasteiger partial charge in [-0.15, -0.1) is 0 Å². The van der Waals surface area contributed by atoms with Gasteiger partial charge < -0.3 is 29.6 Å². The van der Waals surface area contributed by atoms with Gasteiger partial charge in [-0.1, -0.05) is 26.8 Å². The maximum Gasteiger partial charge on any atom is 0.235 e. The van der Waals surface area contributed by atoms with Crippen molar-refractivity contribution in [1.82, 2.24) is 4.57 Å². The molecule has 7 nitrogen and oxygen atoms in total. The summed E-state index contributed by atoms with van der Waals surface area (Å²) >= 11 is 0. The molecule has 0 saturated heterocycles. The highest BCUT2D eigenvalue weighted by molar-refractivity contribution is 6.02. The van der Waals surface area contributed by atoms with Crippen LogP contribution >= 0.6 is 0 Å². The van der Waals surface area contributed by atoms with E-state index in [0.717, 1.165) is 40.7 Å². The van der Waals surface area contributed by atoms with Gasteiger partial charge in [0.05, 0.1) is 24.2 Å². The first-order valence-corrected chi connectivity index (χ1v) is 11.8. The first-order chi connectivity index (χ1) is 16.1. The van der Waals surface area contributed by atoms with E-state index in [0.29, 0.717) is 11.5 Å². The highest BCUT2D eigenvalue weighted by Crippen LogP contribution is 2.51. The van der Waals surface area contributed by atoms with Gasteiger partial charge in [0.2, 0.25) is 12.7 Å². The number of anilines is 1. The number of hydrogen-bond acceptors (Lipinski definition) is 5. The lowest BCUT2D eigenvalue weighted by Gasteiger charge is -2.28. The zero-order valence-electron chi connectivity index (χ0n) is 20.1. The van der Waals surface area contributed by atoms with Crippen LogP contribution in [0.3, 0.4) is 0 Å². The molecule has 0 spiro atoms. The molecular formula is C27H38N2O5. The molecule has 3 N–H and O–H groups in total. The fourth-order valence-electron chi connectivity index (χ4n) is 4.87. The van der Waals surface area contributed by atoms with Crippen molar-refractivity contribution in [2.24, 2.45) is 0 Å². The number of ether oxygens (including phenoxy) is 2. The van der Waals surface area contributed by atoms with E-state index in [9.17, 15) is 15.0 Å². The SMILES string of the molecule is CC(C(O)CO)n1c(C(C)(C)C)cc2cc(NC(=O)C3(c4ccc5c(c4)OCO5)CC3)ccc21.[HH].[HH].[HH]. The largest absolute Gasteiger partial charge is 0.454 e. The second kappa shape index (κ2) is 8.03. The molecule has 186 valence electrons. The molecule has 1 aromatic heterocycles. The average molecular weight is 471 g/mol. The van der Waals surface area contributed by atoms with E-state index in [1.807, 2.05) is 43.3 Å². The van der Waals surface area contributed by atoms with Crippen molar-refractivity contribution >= 4 is 22.5 Å². The smallest absolute Gasteiger partial charge is 0.235 e. The van der Waals surface area contributed by atoms with Crippen molar-refractivity contribution in [3.8, 4) is 11.5 Å². The Morgan fingerprint density at radius 2 is 1.88 bits per heavy atom. The van der Waals surface area contributed by atoms with E-state index in [1.54, 1.807) is 0 Å². The first kappa shape index (κ1) is 22.7. The van der Waals surface area contributed by atoms with Crippen molar-refractivity contribution in [2.75, 3.05) is 18.7 Å². The third-order valence-corrected chi connectivity index (χ3v) is 7.13. The zero-order chi connectivity index (χ0) is 24.3. The van der Waals surface area contributed by atoms with Crippen LogP contribution in [0.1, 0.15) is 62.1 Å². The third-order valence-electron chi connectivity index (χ3n) is 7.13. The summed E-state index contributed by atoms with van der Waals surface area (Å²) in [6.45, 7) is 8.19. The van der Waals surface area contributed by atoms with Gasteiger partial charge in [-0.25, -0.2) is 0 Å². The second-order valence-electron chi connectivity index (χ2n) is 10.5. The lowest BCUT2D eigenvalue weighted by molar-refractivity contribution is -0.118. The van der Waals surface area contributed by atoms with Gasteiger partial charge in [0.1, 0.15) is 0 Å². The minimum Gasteiger partial charge on any atom is -0.454 e.